The summed E-state index contributed by atoms with van der Waals surface area (Å²) in [6.45, 7) is 5.80. The van der Waals surface area contributed by atoms with Gasteiger partial charge in [-0.2, -0.15) is 0 Å². The Morgan fingerprint density at radius 2 is 2.00 bits per heavy atom. The number of pyridine rings is 1. The Labute approximate surface area is 115 Å². The molecule has 4 heteroatoms. The SMILES string of the molecule is CC(N[C@H](C)c1ccccn1)C(=O)N1CCCCC1. The number of carbonyl (C=O) groups excluding carboxylic acids is 1. The molecule has 19 heavy (non-hydrogen) atoms. The van der Waals surface area contributed by atoms with Crippen LogP contribution in [0.15, 0.2) is 24.4 Å². The highest BCUT2D eigenvalue weighted by atomic mass is 16.2. The van der Waals surface area contributed by atoms with E-state index in [4.69, 9.17) is 0 Å². The third kappa shape index (κ3) is 3.77. The van der Waals surface area contributed by atoms with Crippen LogP contribution in [0.2, 0.25) is 0 Å². The number of aromatic nitrogens is 1. The van der Waals surface area contributed by atoms with Gasteiger partial charge in [-0.05, 0) is 45.2 Å². The monoisotopic (exact) mass is 261 g/mol. The van der Waals surface area contributed by atoms with Gasteiger partial charge in [-0.3, -0.25) is 15.1 Å². The number of carbonyl (C=O) groups is 1. The third-order valence-corrected chi connectivity index (χ3v) is 3.67. The fourth-order valence-corrected chi connectivity index (χ4v) is 2.55. The maximum absolute atomic E-state index is 12.3. The smallest absolute Gasteiger partial charge is 0.239 e. The molecule has 1 fully saturated rings. The zero-order valence-electron chi connectivity index (χ0n) is 11.8. The fraction of sp³-hybridized carbons (Fsp3) is 0.600. The average molecular weight is 261 g/mol. The van der Waals surface area contributed by atoms with Crippen LogP contribution in [0, 0.1) is 0 Å². The lowest BCUT2D eigenvalue weighted by Crippen LogP contribution is -2.47. The molecule has 1 amide bonds. The molecule has 1 N–H and O–H groups in total. The molecule has 2 heterocycles. The number of likely N-dealkylation sites (tertiary alicyclic amines) is 1. The molecule has 2 atom stereocenters. The molecule has 1 aromatic heterocycles. The van der Waals surface area contributed by atoms with E-state index < -0.39 is 0 Å². The molecule has 1 aliphatic rings. The average Bonchev–Trinajstić information content (AvgIpc) is 2.48. The Bertz CT molecular complexity index is 401. The minimum absolute atomic E-state index is 0.0879. The van der Waals surface area contributed by atoms with Crippen molar-refractivity contribution >= 4 is 5.91 Å². The molecule has 2 rings (SSSR count). The van der Waals surface area contributed by atoms with Crippen LogP contribution in [-0.2, 0) is 4.79 Å². The van der Waals surface area contributed by atoms with Crippen LogP contribution in [0.1, 0.15) is 44.8 Å². The van der Waals surface area contributed by atoms with Crippen molar-refractivity contribution in [1.29, 1.82) is 0 Å². The number of hydrogen-bond acceptors (Lipinski definition) is 3. The highest BCUT2D eigenvalue weighted by Crippen LogP contribution is 2.13. The van der Waals surface area contributed by atoms with Crippen molar-refractivity contribution in [1.82, 2.24) is 15.2 Å². The number of piperidine rings is 1. The number of nitrogens with one attached hydrogen (secondary N) is 1. The van der Waals surface area contributed by atoms with E-state index >= 15 is 0 Å². The van der Waals surface area contributed by atoms with Crippen molar-refractivity contribution in [3.05, 3.63) is 30.1 Å². The number of hydrogen-bond donors (Lipinski definition) is 1. The van der Waals surface area contributed by atoms with Crippen LogP contribution in [0.3, 0.4) is 0 Å². The largest absolute Gasteiger partial charge is 0.341 e. The minimum atomic E-state index is -0.157. The molecular formula is C15H23N3O. The van der Waals surface area contributed by atoms with Crippen LogP contribution in [0.5, 0.6) is 0 Å². The summed E-state index contributed by atoms with van der Waals surface area (Å²) in [7, 11) is 0. The molecule has 0 spiro atoms. The second-order valence-corrected chi connectivity index (χ2v) is 5.25. The lowest BCUT2D eigenvalue weighted by molar-refractivity contribution is -0.134. The van der Waals surface area contributed by atoms with E-state index in [1.54, 1.807) is 6.20 Å². The quantitative estimate of drug-likeness (QED) is 0.903. The van der Waals surface area contributed by atoms with E-state index in [2.05, 4.69) is 10.3 Å². The van der Waals surface area contributed by atoms with Crippen molar-refractivity contribution in [3.8, 4) is 0 Å². The lowest BCUT2D eigenvalue weighted by Gasteiger charge is -2.30. The first-order chi connectivity index (χ1) is 9.18. The van der Waals surface area contributed by atoms with Gasteiger partial charge in [0.1, 0.15) is 0 Å². The maximum atomic E-state index is 12.3. The molecule has 104 valence electrons. The first-order valence-corrected chi connectivity index (χ1v) is 7.14. The third-order valence-electron chi connectivity index (χ3n) is 3.67. The lowest BCUT2D eigenvalue weighted by atomic mass is 10.1. The van der Waals surface area contributed by atoms with Crippen molar-refractivity contribution in [2.45, 2.75) is 45.2 Å². The topological polar surface area (TPSA) is 45.2 Å². The summed E-state index contributed by atoms with van der Waals surface area (Å²) in [4.78, 5) is 18.6. The van der Waals surface area contributed by atoms with Gasteiger partial charge in [0.05, 0.1) is 11.7 Å². The summed E-state index contributed by atoms with van der Waals surface area (Å²) in [6, 6.07) is 5.78. The van der Waals surface area contributed by atoms with E-state index in [-0.39, 0.29) is 18.0 Å². The molecule has 0 saturated carbocycles. The van der Waals surface area contributed by atoms with Gasteiger partial charge in [0.25, 0.3) is 0 Å². The highest BCUT2D eigenvalue weighted by molar-refractivity contribution is 5.81. The van der Waals surface area contributed by atoms with E-state index in [0.717, 1.165) is 31.6 Å². The standard InChI is InChI=1S/C15H23N3O/c1-12(14-8-4-5-9-16-14)17-13(2)15(19)18-10-6-3-7-11-18/h4-5,8-9,12-13,17H,3,6-7,10-11H2,1-2H3/t12-,13?/m1/s1. The van der Waals surface area contributed by atoms with E-state index in [0.29, 0.717) is 0 Å². The van der Waals surface area contributed by atoms with Gasteiger partial charge >= 0.3 is 0 Å². The van der Waals surface area contributed by atoms with Crippen LogP contribution in [0.4, 0.5) is 0 Å². The molecule has 1 aliphatic heterocycles. The Kier molecular flexibility index (Phi) is 4.91. The van der Waals surface area contributed by atoms with Crippen molar-refractivity contribution in [2.24, 2.45) is 0 Å². The molecule has 0 radical (unpaired) electrons. The molecule has 0 aliphatic carbocycles. The molecule has 0 aromatic carbocycles. The second-order valence-electron chi connectivity index (χ2n) is 5.25. The molecular weight excluding hydrogens is 238 g/mol. The van der Waals surface area contributed by atoms with Crippen molar-refractivity contribution in [3.63, 3.8) is 0 Å². The number of nitrogens with zero attached hydrogens (tertiary/aromatic N) is 2. The summed E-state index contributed by atoms with van der Waals surface area (Å²) in [6.07, 6.45) is 5.29. The molecule has 0 bridgehead atoms. The van der Waals surface area contributed by atoms with Gasteiger partial charge in [0, 0.05) is 25.3 Å². The van der Waals surface area contributed by atoms with E-state index in [1.165, 1.54) is 6.42 Å². The Hall–Kier alpha value is -1.42. The summed E-state index contributed by atoms with van der Waals surface area (Å²) < 4.78 is 0. The zero-order valence-corrected chi connectivity index (χ0v) is 11.8. The van der Waals surface area contributed by atoms with Crippen LogP contribution in [-0.4, -0.2) is 34.9 Å². The number of amides is 1. The normalized spacial score (nSPS) is 18.9. The summed E-state index contributed by atoms with van der Waals surface area (Å²) in [5, 5.41) is 3.34. The van der Waals surface area contributed by atoms with Gasteiger partial charge in [0.2, 0.25) is 5.91 Å². The molecule has 1 aromatic rings. The Balaban J connectivity index is 1.89. The summed E-state index contributed by atoms with van der Waals surface area (Å²) in [5.41, 5.74) is 0.973. The number of rotatable bonds is 4. The molecule has 4 nitrogen and oxygen atoms in total. The minimum Gasteiger partial charge on any atom is -0.341 e. The van der Waals surface area contributed by atoms with Crippen molar-refractivity contribution < 1.29 is 4.79 Å². The first-order valence-electron chi connectivity index (χ1n) is 7.14. The molecule has 1 saturated heterocycles. The zero-order chi connectivity index (χ0) is 13.7. The van der Waals surface area contributed by atoms with Crippen LogP contribution in [0.25, 0.3) is 0 Å². The Morgan fingerprint density at radius 3 is 2.63 bits per heavy atom. The van der Waals surface area contributed by atoms with Crippen molar-refractivity contribution in [2.75, 3.05) is 13.1 Å². The van der Waals surface area contributed by atoms with Gasteiger partial charge in [-0.25, -0.2) is 0 Å². The van der Waals surface area contributed by atoms with Gasteiger partial charge in [-0.1, -0.05) is 6.07 Å². The van der Waals surface area contributed by atoms with Gasteiger partial charge < -0.3 is 4.90 Å². The maximum Gasteiger partial charge on any atom is 0.239 e. The summed E-state index contributed by atoms with van der Waals surface area (Å²) >= 11 is 0. The fourth-order valence-electron chi connectivity index (χ4n) is 2.55. The van der Waals surface area contributed by atoms with Gasteiger partial charge in [0.15, 0.2) is 0 Å². The second kappa shape index (κ2) is 6.66. The van der Waals surface area contributed by atoms with Crippen LogP contribution < -0.4 is 5.32 Å². The van der Waals surface area contributed by atoms with Gasteiger partial charge in [-0.15, -0.1) is 0 Å². The van der Waals surface area contributed by atoms with Crippen LogP contribution >= 0.6 is 0 Å². The highest BCUT2D eigenvalue weighted by Gasteiger charge is 2.23. The Morgan fingerprint density at radius 1 is 1.26 bits per heavy atom. The summed E-state index contributed by atoms with van der Waals surface area (Å²) in [5.74, 6) is 0.211. The molecule has 1 unspecified atom stereocenters. The predicted octanol–water partition coefficient (Wildman–Crippen LogP) is 2.13. The first kappa shape index (κ1) is 14.0. The predicted molar refractivity (Wildman–Crippen MR) is 75.7 cm³/mol. The van der Waals surface area contributed by atoms with E-state index in [1.807, 2.05) is 36.9 Å². The van der Waals surface area contributed by atoms with E-state index in [9.17, 15) is 4.79 Å².